The summed E-state index contributed by atoms with van der Waals surface area (Å²) in [5, 5.41) is 15.0. The number of carbonyl (C=O) groups is 3. The standard InChI is InChI=1S/C24H36N4O7S/c1-3-15-36(33,34)28-14-13-27(24(32)25-18-9-11-19(35-2)12-10-18)23(28)22(31)26-20(16-21(29)30)17-7-5-4-6-8-17/h9-12,17,20,23H,3-8,13-16H2,1-2H3,(H,25,32)(H,26,31)(H,29,30). The summed E-state index contributed by atoms with van der Waals surface area (Å²) in [6.45, 7) is 1.72. The Kier molecular flexibility index (Phi) is 9.55. The molecule has 36 heavy (non-hydrogen) atoms. The molecule has 1 saturated carbocycles. The lowest BCUT2D eigenvalue weighted by molar-refractivity contribution is -0.138. The predicted octanol–water partition coefficient (Wildman–Crippen LogP) is 2.45. The number of urea groups is 1. The lowest BCUT2D eigenvalue weighted by Crippen LogP contribution is -2.57. The van der Waals surface area contributed by atoms with Gasteiger partial charge in [0.15, 0.2) is 6.17 Å². The first-order chi connectivity index (χ1) is 17.2. The molecule has 0 radical (unpaired) electrons. The van der Waals surface area contributed by atoms with Gasteiger partial charge in [0.2, 0.25) is 10.0 Å². The highest BCUT2D eigenvalue weighted by atomic mass is 32.2. The number of carboxylic acid groups (broad SMARTS) is 1. The minimum Gasteiger partial charge on any atom is -0.497 e. The van der Waals surface area contributed by atoms with Crippen molar-refractivity contribution in [1.82, 2.24) is 14.5 Å². The van der Waals surface area contributed by atoms with Gasteiger partial charge in [0, 0.05) is 24.8 Å². The predicted molar refractivity (Wildman–Crippen MR) is 134 cm³/mol. The van der Waals surface area contributed by atoms with Gasteiger partial charge in [-0.05, 0) is 49.4 Å². The first-order valence-electron chi connectivity index (χ1n) is 12.4. The van der Waals surface area contributed by atoms with Gasteiger partial charge in [-0.1, -0.05) is 26.2 Å². The fraction of sp³-hybridized carbons (Fsp3) is 0.625. The second-order valence-electron chi connectivity index (χ2n) is 9.26. The van der Waals surface area contributed by atoms with Crippen LogP contribution in [0, 0.1) is 5.92 Å². The molecule has 3 N–H and O–H groups in total. The van der Waals surface area contributed by atoms with Crippen LogP contribution in [0.2, 0.25) is 0 Å². The Hall–Kier alpha value is -2.86. The molecule has 1 aliphatic carbocycles. The number of methoxy groups -OCH3 is 1. The molecule has 2 aliphatic rings. The number of benzene rings is 1. The summed E-state index contributed by atoms with van der Waals surface area (Å²) in [6.07, 6.45) is 3.25. The molecule has 200 valence electrons. The zero-order valence-electron chi connectivity index (χ0n) is 20.8. The highest BCUT2D eigenvalue weighted by molar-refractivity contribution is 7.89. The van der Waals surface area contributed by atoms with E-state index in [2.05, 4.69) is 10.6 Å². The fourth-order valence-corrected chi connectivity index (χ4v) is 6.57. The average Bonchev–Trinajstić information content (AvgIpc) is 3.31. The second-order valence-corrected chi connectivity index (χ2v) is 11.3. The van der Waals surface area contributed by atoms with Gasteiger partial charge < -0.3 is 20.5 Å². The summed E-state index contributed by atoms with van der Waals surface area (Å²) in [5.74, 6) is -1.29. The number of amides is 3. The molecule has 1 aromatic rings. The topological polar surface area (TPSA) is 145 Å². The van der Waals surface area contributed by atoms with Crippen LogP contribution in [0.15, 0.2) is 24.3 Å². The van der Waals surface area contributed by atoms with Crippen molar-refractivity contribution in [2.24, 2.45) is 5.92 Å². The Morgan fingerprint density at radius 3 is 2.36 bits per heavy atom. The number of carbonyl (C=O) groups excluding carboxylic acids is 2. The summed E-state index contributed by atoms with van der Waals surface area (Å²) in [7, 11) is -2.29. The number of anilines is 1. The van der Waals surface area contributed by atoms with E-state index in [1.54, 1.807) is 31.2 Å². The van der Waals surface area contributed by atoms with E-state index in [1.807, 2.05) is 0 Å². The van der Waals surface area contributed by atoms with E-state index in [4.69, 9.17) is 4.74 Å². The fourth-order valence-electron chi connectivity index (χ4n) is 4.94. The number of ether oxygens (including phenoxy) is 1. The minimum absolute atomic E-state index is 0.0116. The zero-order valence-corrected chi connectivity index (χ0v) is 21.6. The van der Waals surface area contributed by atoms with Crippen molar-refractivity contribution in [2.75, 3.05) is 31.3 Å². The third-order valence-corrected chi connectivity index (χ3v) is 8.75. The van der Waals surface area contributed by atoms with Crippen LogP contribution in [-0.2, 0) is 19.6 Å². The normalized spacial score (nSPS) is 20.1. The van der Waals surface area contributed by atoms with Gasteiger partial charge in [0.1, 0.15) is 5.75 Å². The van der Waals surface area contributed by atoms with Crippen LogP contribution in [-0.4, -0.2) is 78.8 Å². The maximum absolute atomic E-state index is 13.5. The van der Waals surface area contributed by atoms with E-state index >= 15 is 0 Å². The minimum atomic E-state index is -3.82. The molecule has 11 nitrogen and oxygen atoms in total. The van der Waals surface area contributed by atoms with Gasteiger partial charge in [-0.2, -0.15) is 4.31 Å². The first-order valence-corrected chi connectivity index (χ1v) is 14.0. The highest BCUT2D eigenvalue weighted by Crippen LogP contribution is 2.29. The number of nitrogens with zero attached hydrogens (tertiary/aromatic N) is 2. The van der Waals surface area contributed by atoms with Crippen LogP contribution in [0.25, 0.3) is 0 Å². The number of nitrogens with one attached hydrogen (secondary N) is 2. The molecule has 1 saturated heterocycles. The maximum atomic E-state index is 13.5. The number of carboxylic acids is 1. The third-order valence-electron chi connectivity index (χ3n) is 6.73. The highest BCUT2D eigenvalue weighted by Gasteiger charge is 2.46. The monoisotopic (exact) mass is 524 g/mol. The molecule has 0 bridgehead atoms. The van der Waals surface area contributed by atoms with Crippen molar-refractivity contribution < 1.29 is 32.6 Å². The molecule has 12 heteroatoms. The van der Waals surface area contributed by atoms with E-state index in [0.29, 0.717) is 17.9 Å². The molecule has 1 aliphatic heterocycles. The van der Waals surface area contributed by atoms with Crippen LogP contribution in [0.3, 0.4) is 0 Å². The third kappa shape index (κ3) is 6.88. The van der Waals surface area contributed by atoms with Gasteiger partial charge in [0.05, 0.1) is 19.3 Å². The van der Waals surface area contributed by atoms with Gasteiger partial charge in [-0.25, -0.2) is 13.2 Å². The average molecular weight is 525 g/mol. The first kappa shape index (κ1) is 27.7. The molecule has 0 spiro atoms. The van der Waals surface area contributed by atoms with Crippen molar-refractivity contribution in [3.8, 4) is 5.75 Å². The van der Waals surface area contributed by atoms with Crippen LogP contribution < -0.4 is 15.4 Å². The lowest BCUT2D eigenvalue weighted by Gasteiger charge is -2.34. The Morgan fingerprint density at radius 1 is 1.11 bits per heavy atom. The van der Waals surface area contributed by atoms with E-state index in [1.165, 1.54) is 12.0 Å². The second kappa shape index (κ2) is 12.4. The smallest absolute Gasteiger partial charge is 0.323 e. The molecule has 3 rings (SSSR count). The summed E-state index contributed by atoms with van der Waals surface area (Å²) in [6, 6.07) is 5.35. The van der Waals surface area contributed by atoms with Crippen molar-refractivity contribution in [3.63, 3.8) is 0 Å². The number of rotatable bonds is 10. The van der Waals surface area contributed by atoms with E-state index in [9.17, 15) is 27.9 Å². The largest absolute Gasteiger partial charge is 0.497 e. The van der Waals surface area contributed by atoms with Crippen LogP contribution in [0.4, 0.5) is 10.5 Å². The quantitative estimate of drug-likeness (QED) is 0.426. The summed E-state index contributed by atoms with van der Waals surface area (Å²) < 4.78 is 32.2. The van der Waals surface area contributed by atoms with Crippen molar-refractivity contribution in [1.29, 1.82) is 0 Å². The molecule has 0 aromatic heterocycles. The van der Waals surface area contributed by atoms with Crippen LogP contribution >= 0.6 is 0 Å². The van der Waals surface area contributed by atoms with Gasteiger partial charge >= 0.3 is 12.0 Å². The Balaban J connectivity index is 1.84. The SMILES string of the molecule is CCCS(=O)(=O)N1CCN(C(=O)Nc2ccc(OC)cc2)C1C(=O)NC(CC(=O)O)C1CCCCC1. The molecule has 1 aromatic carbocycles. The Morgan fingerprint density at radius 2 is 1.78 bits per heavy atom. The number of hydrogen-bond donors (Lipinski definition) is 3. The van der Waals surface area contributed by atoms with Gasteiger partial charge in [-0.15, -0.1) is 0 Å². The zero-order chi connectivity index (χ0) is 26.3. The number of sulfonamides is 1. The van der Waals surface area contributed by atoms with Crippen molar-refractivity contribution >= 4 is 33.6 Å². The Labute approximate surface area is 212 Å². The van der Waals surface area contributed by atoms with Crippen LogP contribution in [0.1, 0.15) is 51.9 Å². The number of aliphatic carboxylic acids is 1. The molecule has 1 heterocycles. The molecular weight excluding hydrogens is 488 g/mol. The summed E-state index contributed by atoms with van der Waals surface area (Å²) in [5.41, 5.74) is 0.459. The lowest BCUT2D eigenvalue weighted by atomic mass is 9.82. The molecule has 2 unspecified atom stereocenters. The molecule has 3 amide bonds. The molecule has 2 fully saturated rings. The van der Waals surface area contributed by atoms with Gasteiger partial charge in [-0.3, -0.25) is 14.5 Å². The van der Waals surface area contributed by atoms with Gasteiger partial charge in [0.25, 0.3) is 5.91 Å². The number of hydrogen-bond acceptors (Lipinski definition) is 6. The van der Waals surface area contributed by atoms with E-state index in [-0.39, 0.29) is 31.2 Å². The Bertz CT molecular complexity index is 1030. The van der Waals surface area contributed by atoms with E-state index < -0.39 is 40.1 Å². The molecular formula is C24H36N4O7S. The summed E-state index contributed by atoms with van der Waals surface area (Å²) >= 11 is 0. The van der Waals surface area contributed by atoms with Crippen molar-refractivity contribution in [3.05, 3.63) is 24.3 Å². The summed E-state index contributed by atoms with van der Waals surface area (Å²) in [4.78, 5) is 39.4. The van der Waals surface area contributed by atoms with Crippen molar-refractivity contribution in [2.45, 2.75) is 64.1 Å². The molecule has 2 atom stereocenters. The van der Waals surface area contributed by atoms with Crippen LogP contribution in [0.5, 0.6) is 5.75 Å². The maximum Gasteiger partial charge on any atom is 0.323 e. The van der Waals surface area contributed by atoms with E-state index in [0.717, 1.165) is 36.4 Å².